The van der Waals surface area contributed by atoms with Gasteiger partial charge >= 0.3 is 6.03 Å². The summed E-state index contributed by atoms with van der Waals surface area (Å²) in [6.45, 7) is 7.61. The molecule has 132 valence electrons. The molecule has 1 unspecified atom stereocenters. The molecule has 2 atom stereocenters. The number of urea groups is 1. The molecule has 2 aromatic rings. The molecule has 5 heteroatoms. The van der Waals surface area contributed by atoms with E-state index in [0.717, 1.165) is 31.7 Å². The molecular weight excluding hydrogens is 312 g/mol. The smallest absolute Gasteiger partial charge is 0.318 e. The molecule has 1 aliphatic heterocycles. The van der Waals surface area contributed by atoms with Crippen molar-refractivity contribution in [3.63, 3.8) is 0 Å². The molecule has 1 aromatic heterocycles. The Labute approximate surface area is 149 Å². The van der Waals surface area contributed by atoms with Gasteiger partial charge in [0, 0.05) is 44.6 Å². The van der Waals surface area contributed by atoms with Gasteiger partial charge in [-0.2, -0.15) is 0 Å². The minimum atomic E-state index is -0.0231. The highest BCUT2D eigenvalue weighted by Crippen LogP contribution is 2.15. The molecule has 1 N–H and O–H groups in total. The molecule has 0 bridgehead atoms. The Morgan fingerprint density at radius 1 is 1.20 bits per heavy atom. The molecule has 25 heavy (non-hydrogen) atoms. The second-order valence-electron chi connectivity index (χ2n) is 6.71. The van der Waals surface area contributed by atoms with Crippen LogP contribution in [0.5, 0.6) is 0 Å². The lowest BCUT2D eigenvalue weighted by Gasteiger charge is -2.40. The van der Waals surface area contributed by atoms with E-state index >= 15 is 0 Å². The van der Waals surface area contributed by atoms with Crippen LogP contribution in [0, 0.1) is 0 Å². The average Bonchev–Trinajstić information content (AvgIpc) is 2.63. The van der Waals surface area contributed by atoms with Crippen molar-refractivity contribution in [3.05, 3.63) is 66.0 Å². The summed E-state index contributed by atoms with van der Waals surface area (Å²) < 4.78 is 0. The third-order valence-electron chi connectivity index (χ3n) is 4.77. The lowest BCUT2D eigenvalue weighted by atomic mass is 10.1. The Hall–Kier alpha value is -2.40. The van der Waals surface area contributed by atoms with Crippen molar-refractivity contribution in [2.24, 2.45) is 0 Å². The van der Waals surface area contributed by atoms with Gasteiger partial charge in [0.15, 0.2) is 0 Å². The van der Waals surface area contributed by atoms with Gasteiger partial charge in [0.25, 0.3) is 0 Å². The highest BCUT2D eigenvalue weighted by atomic mass is 16.2. The average molecular weight is 338 g/mol. The van der Waals surface area contributed by atoms with E-state index in [1.807, 2.05) is 30.0 Å². The maximum Gasteiger partial charge on any atom is 0.318 e. The molecule has 1 fully saturated rings. The fraction of sp³-hybridized carbons (Fsp3) is 0.400. The van der Waals surface area contributed by atoms with E-state index < -0.39 is 0 Å². The molecular formula is C20H26N4O. The van der Waals surface area contributed by atoms with Crippen LogP contribution < -0.4 is 5.32 Å². The predicted molar refractivity (Wildman–Crippen MR) is 99.1 cm³/mol. The highest BCUT2D eigenvalue weighted by molar-refractivity contribution is 5.75. The molecule has 1 aromatic carbocycles. The number of pyridine rings is 1. The van der Waals surface area contributed by atoms with Gasteiger partial charge < -0.3 is 10.2 Å². The summed E-state index contributed by atoms with van der Waals surface area (Å²) in [5.41, 5.74) is 2.39. The highest BCUT2D eigenvalue weighted by Gasteiger charge is 2.28. The van der Waals surface area contributed by atoms with Crippen LogP contribution in [0.15, 0.2) is 54.9 Å². The maximum atomic E-state index is 12.6. The van der Waals surface area contributed by atoms with Crippen LogP contribution in [0.3, 0.4) is 0 Å². The van der Waals surface area contributed by atoms with E-state index in [2.05, 4.69) is 46.4 Å². The van der Waals surface area contributed by atoms with Crippen LogP contribution in [0.25, 0.3) is 0 Å². The van der Waals surface area contributed by atoms with Crippen molar-refractivity contribution in [3.8, 4) is 0 Å². The number of nitrogens with one attached hydrogen (secondary N) is 1. The van der Waals surface area contributed by atoms with Crippen LogP contribution in [-0.4, -0.2) is 46.5 Å². The number of hydrogen-bond acceptors (Lipinski definition) is 3. The summed E-state index contributed by atoms with van der Waals surface area (Å²) in [7, 11) is 0. The van der Waals surface area contributed by atoms with E-state index in [-0.39, 0.29) is 18.1 Å². The molecule has 1 aliphatic rings. The summed E-state index contributed by atoms with van der Waals surface area (Å²) in [6.07, 6.45) is 3.51. The number of nitrogens with zero attached hydrogens (tertiary/aromatic N) is 3. The van der Waals surface area contributed by atoms with Crippen LogP contribution in [-0.2, 0) is 6.54 Å². The first kappa shape index (κ1) is 17.4. The number of benzene rings is 1. The Bertz CT molecular complexity index is 677. The van der Waals surface area contributed by atoms with Gasteiger partial charge in [-0.25, -0.2) is 4.79 Å². The molecule has 0 saturated carbocycles. The number of rotatable bonds is 4. The van der Waals surface area contributed by atoms with E-state index in [1.54, 1.807) is 12.4 Å². The zero-order valence-electron chi connectivity index (χ0n) is 14.9. The number of carbonyl (C=O) groups excluding carboxylic acids is 1. The molecule has 0 spiro atoms. The lowest BCUT2D eigenvalue weighted by molar-refractivity contribution is 0.0963. The standard InChI is InChI=1S/C20H26N4O/c1-16-14-23(15-18-6-4-3-5-7-18)12-13-24(16)20(25)22-17(2)19-8-10-21-11-9-19/h3-11,16-17H,12-15H2,1-2H3,(H,22,25)/t16-,17?/m1/s1. The molecule has 2 heterocycles. The third kappa shape index (κ3) is 4.57. The fourth-order valence-electron chi connectivity index (χ4n) is 3.32. The van der Waals surface area contributed by atoms with Crippen molar-refractivity contribution >= 4 is 6.03 Å². The minimum Gasteiger partial charge on any atom is -0.331 e. The molecule has 2 amide bonds. The van der Waals surface area contributed by atoms with Gasteiger partial charge in [-0.1, -0.05) is 30.3 Å². The first-order valence-corrected chi connectivity index (χ1v) is 8.87. The van der Waals surface area contributed by atoms with Gasteiger partial charge in [0.2, 0.25) is 0 Å². The Morgan fingerprint density at radius 3 is 2.60 bits per heavy atom. The number of piperazine rings is 1. The van der Waals surface area contributed by atoms with Crippen LogP contribution in [0.4, 0.5) is 4.79 Å². The summed E-state index contributed by atoms with van der Waals surface area (Å²) in [5.74, 6) is 0. The summed E-state index contributed by atoms with van der Waals surface area (Å²) in [6, 6.07) is 14.5. The number of aromatic nitrogens is 1. The van der Waals surface area contributed by atoms with Crippen molar-refractivity contribution < 1.29 is 4.79 Å². The zero-order chi connectivity index (χ0) is 17.6. The van der Waals surface area contributed by atoms with Gasteiger partial charge in [-0.05, 0) is 37.1 Å². The van der Waals surface area contributed by atoms with Gasteiger partial charge in [-0.3, -0.25) is 9.88 Å². The van der Waals surface area contributed by atoms with E-state index in [4.69, 9.17) is 0 Å². The summed E-state index contributed by atoms with van der Waals surface area (Å²) in [4.78, 5) is 21.0. The quantitative estimate of drug-likeness (QED) is 0.932. The predicted octanol–water partition coefficient (Wildman–Crippen LogP) is 3.06. The number of hydrogen-bond donors (Lipinski definition) is 1. The van der Waals surface area contributed by atoms with E-state index in [1.165, 1.54) is 5.56 Å². The fourth-order valence-corrected chi connectivity index (χ4v) is 3.32. The lowest BCUT2D eigenvalue weighted by Crippen LogP contribution is -2.56. The monoisotopic (exact) mass is 338 g/mol. The zero-order valence-corrected chi connectivity index (χ0v) is 14.9. The Kier molecular flexibility index (Phi) is 5.66. The first-order valence-electron chi connectivity index (χ1n) is 8.87. The summed E-state index contributed by atoms with van der Waals surface area (Å²) >= 11 is 0. The van der Waals surface area contributed by atoms with Crippen LogP contribution >= 0.6 is 0 Å². The molecule has 5 nitrogen and oxygen atoms in total. The Morgan fingerprint density at radius 2 is 1.92 bits per heavy atom. The number of carbonyl (C=O) groups is 1. The van der Waals surface area contributed by atoms with E-state index in [0.29, 0.717) is 0 Å². The van der Waals surface area contributed by atoms with Gasteiger partial charge in [-0.15, -0.1) is 0 Å². The third-order valence-corrected chi connectivity index (χ3v) is 4.77. The minimum absolute atomic E-state index is 0.0103. The van der Waals surface area contributed by atoms with Crippen LogP contribution in [0.2, 0.25) is 0 Å². The molecule has 1 saturated heterocycles. The first-order chi connectivity index (χ1) is 12.1. The molecule has 3 rings (SSSR count). The van der Waals surface area contributed by atoms with E-state index in [9.17, 15) is 4.79 Å². The van der Waals surface area contributed by atoms with Crippen molar-refractivity contribution in [1.82, 2.24) is 20.1 Å². The molecule has 0 aliphatic carbocycles. The second kappa shape index (κ2) is 8.12. The second-order valence-corrected chi connectivity index (χ2v) is 6.71. The topological polar surface area (TPSA) is 48.5 Å². The largest absolute Gasteiger partial charge is 0.331 e. The maximum absolute atomic E-state index is 12.6. The van der Waals surface area contributed by atoms with Crippen molar-refractivity contribution in [2.45, 2.75) is 32.5 Å². The normalized spacial score (nSPS) is 19.4. The number of amides is 2. The van der Waals surface area contributed by atoms with Crippen molar-refractivity contribution in [1.29, 1.82) is 0 Å². The molecule has 0 radical (unpaired) electrons. The van der Waals surface area contributed by atoms with Crippen LogP contribution in [0.1, 0.15) is 31.0 Å². The SMILES string of the molecule is CC(NC(=O)N1CCN(Cc2ccccc2)C[C@H]1C)c1ccncc1. The Balaban J connectivity index is 1.53. The summed E-state index contributed by atoms with van der Waals surface area (Å²) in [5, 5.41) is 3.10. The van der Waals surface area contributed by atoms with Gasteiger partial charge in [0.05, 0.1) is 6.04 Å². The van der Waals surface area contributed by atoms with Crippen molar-refractivity contribution in [2.75, 3.05) is 19.6 Å². The van der Waals surface area contributed by atoms with Gasteiger partial charge in [0.1, 0.15) is 0 Å².